The molecule has 40 heavy (non-hydrogen) atoms. The van der Waals surface area contributed by atoms with Crippen LogP contribution >= 0.6 is 0 Å². The molecule has 0 radical (unpaired) electrons. The van der Waals surface area contributed by atoms with E-state index in [9.17, 15) is 9.59 Å². The standard InChI is InChI=1S/C35H48N2O3/c1-22(2)20-29(38)40-30-26-12-13-28-33(5)16-14-25(23(3)36-6)32(33,4)18-19-35(28)21-34(26,35)17-15-27(30)37-31(39)24-10-8-7-9-11-24/h7-13,20,23,25-28,30,36H,14-19,21H2,1-6H3,(H,37,39)/t23-,25+,26+,27-,28+,30+,32-,33+,34+,35-/m1/s1. The van der Waals surface area contributed by atoms with Crippen molar-refractivity contribution in [2.45, 2.75) is 97.8 Å². The summed E-state index contributed by atoms with van der Waals surface area (Å²) >= 11 is 0. The molecule has 4 fully saturated rings. The van der Waals surface area contributed by atoms with Crippen molar-refractivity contribution in [2.75, 3.05) is 7.05 Å². The first kappa shape index (κ1) is 27.8. The minimum Gasteiger partial charge on any atom is -0.456 e. The molecule has 1 aromatic rings. The van der Waals surface area contributed by atoms with Crippen LogP contribution in [0.2, 0.25) is 0 Å². The first-order chi connectivity index (χ1) is 19.0. The zero-order valence-electron chi connectivity index (χ0n) is 25.3. The van der Waals surface area contributed by atoms with Crippen LogP contribution in [0.15, 0.2) is 54.1 Å². The van der Waals surface area contributed by atoms with Crippen LogP contribution in [0.1, 0.15) is 89.9 Å². The Labute approximate surface area is 240 Å². The van der Waals surface area contributed by atoms with Gasteiger partial charge in [-0.05, 0) is 118 Å². The van der Waals surface area contributed by atoms with Gasteiger partial charge in [-0.25, -0.2) is 4.79 Å². The molecule has 1 aromatic carbocycles. The minimum atomic E-state index is -0.358. The number of hydrogen-bond acceptors (Lipinski definition) is 4. The molecule has 216 valence electrons. The van der Waals surface area contributed by atoms with E-state index in [4.69, 9.17) is 4.74 Å². The molecule has 2 N–H and O–H groups in total. The zero-order valence-corrected chi connectivity index (χ0v) is 25.3. The summed E-state index contributed by atoms with van der Waals surface area (Å²) in [6.07, 6.45) is 14.4. The summed E-state index contributed by atoms with van der Waals surface area (Å²) in [7, 11) is 2.11. The molecular formula is C35H48N2O3. The number of esters is 1. The number of allylic oxidation sites excluding steroid dienone is 2. The summed E-state index contributed by atoms with van der Waals surface area (Å²) in [5.74, 6) is 1.00. The summed E-state index contributed by atoms with van der Waals surface area (Å²) in [4.78, 5) is 26.3. The second kappa shape index (κ2) is 9.58. The Morgan fingerprint density at radius 3 is 2.42 bits per heavy atom. The van der Waals surface area contributed by atoms with Crippen molar-refractivity contribution in [3.05, 3.63) is 59.7 Å². The number of amides is 1. The van der Waals surface area contributed by atoms with Gasteiger partial charge in [-0.2, -0.15) is 0 Å². The number of nitrogens with one attached hydrogen (secondary N) is 2. The molecule has 0 unspecified atom stereocenters. The van der Waals surface area contributed by atoms with Crippen LogP contribution in [-0.2, 0) is 9.53 Å². The van der Waals surface area contributed by atoms with E-state index < -0.39 is 0 Å². The fourth-order valence-corrected chi connectivity index (χ4v) is 10.6. The molecule has 5 aliphatic rings. The van der Waals surface area contributed by atoms with Crippen molar-refractivity contribution in [1.82, 2.24) is 10.6 Å². The first-order valence-electron chi connectivity index (χ1n) is 15.6. The van der Waals surface area contributed by atoms with E-state index >= 15 is 0 Å². The predicted molar refractivity (Wildman–Crippen MR) is 159 cm³/mol. The van der Waals surface area contributed by atoms with Crippen molar-refractivity contribution in [2.24, 2.45) is 39.4 Å². The minimum absolute atomic E-state index is 0.0930. The predicted octanol–water partition coefficient (Wildman–Crippen LogP) is 6.46. The Morgan fingerprint density at radius 1 is 0.975 bits per heavy atom. The molecule has 10 atom stereocenters. The van der Waals surface area contributed by atoms with Crippen LogP contribution in [0.5, 0.6) is 0 Å². The molecule has 5 nitrogen and oxygen atoms in total. The van der Waals surface area contributed by atoms with E-state index in [-0.39, 0.29) is 46.2 Å². The maximum absolute atomic E-state index is 13.2. The van der Waals surface area contributed by atoms with Crippen LogP contribution in [0.25, 0.3) is 0 Å². The van der Waals surface area contributed by atoms with E-state index in [1.807, 2.05) is 44.2 Å². The summed E-state index contributed by atoms with van der Waals surface area (Å²) < 4.78 is 6.29. The van der Waals surface area contributed by atoms with Crippen LogP contribution in [-0.4, -0.2) is 37.1 Å². The number of carbonyl (C=O) groups excluding carboxylic acids is 2. The van der Waals surface area contributed by atoms with Gasteiger partial charge in [0, 0.05) is 23.6 Å². The van der Waals surface area contributed by atoms with Crippen molar-refractivity contribution in [3.63, 3.8) is 0 Å². The van der Waals surface area contributed by atoms with Crippen LogP contribution < -0.4 is 10.6 Å². The summed E-state index contributed by atoms with van der Waals surface area (Å²) in [5.41, 5.74) is 2.61. The van der Waals surface area contributed by atoms with E-state index in [2.05, 4.69) is 50.6 Å². The van der Waals surface area contributed by atoms with Gasteiger partial charge in [-0.3, -0.25) is 4.79 Å². The summed E-state index contributed by atoms with van der Waals surface area (Å²) in [6.45, 7) is 11.4. The van der Waals surface area contributed by atoms with Gasteiger partial charge < -0.3 is 15.4 Å². The molecule has 0 heterocycles. The first-order valence-corrected chi connectivity index (χ1v) is 15.6. The van der Waals surface area contributed by atoms with Gasteiger partial charge in [-0.1, -0.05) is 49.8 Å². The third kappa shape index (κ3) is 3.82. The molecule has 0 bridgehead atoms. The highest BCUT2D eigenvalue weighted by molar-refractivity contribution is 5.94. The van der Waals surface area contributed by atoms with Crippen LogP contribution in [0, 0.1) is 39.4 Å². The Hall–Kier alpha value is -2.40. The van der Waals surface area contributed by atoms with Gasteiger partial charge >= 0.3 is 5.97 Å². The lowest BCUT2D eigenvalue weighted by atomic mass is 9.45. The summed E-state index contributed by atoms with van der Waals surface area (Å²) in [6, 6.07) is 9.70. The number of hydrogen-bond donors (Lipinski definition) is 2. The van der Waals surface area contributed by atoms with Crippen molar-refractivity contribution in [3.8, 4) is 0 Å². The number of benzene rings is 1. The highest BCUT2D eigenvalue weighted by Gasteiger charge is 2.81. The highest BCUT2D eigenvalue weighted by atomic mass is 16.5. The Kier molecular flexibility index (Phi) is 6.64. The van der Waals surface area contributed by atoms with Gasteiger partial charge in [-0.15, -0.1) is 0 Å². The molecule has 1 amide bonds. The van der Waals surface area contributed by atoms with E-state index in [0.717, 1.165) is 18.4 Å². The monoisotopic (exact) mass is 544 g/mol. The van der Waals surface area contributed by atoms with Gasteiger partial charge in [0.15, 0.2) is 0 Å². The van der Waals surface area contributed by atoms with Crippen LogP contribution in [0.3, 0.4) is 0 Å². The number of ether oxygens (including phenoxy) is 1. The summed E-state index contributed by atoms with van der Waals surface area (Å²) in [5, 5.41) is 6.86. The average molecular weight is 545 g/mol. The Morgan fingerprint density at radius 2 is 1.73 bits per heavy atom. The normalized spacial score (nSPS) is 43.3. The molecule has 0 aromatic heterocycles. The maximum Gasteiger partial charge on any atom is 0.331 e. The van der Waals surface area contributed by atoms with E-state index in [1.165, 1.54) is 32.1 Å². The highest BCUT2D eigenvalue weighted by Crippen LogP contribution is 2.86. The third-order valence-corrected chi connectivity index (χ3v) is 12.8. The van der Waals surface area contributed by atoms with Gasteiger partial charge in [0.1, 0.15) is 6.10 Å². The average Bonchev–Trinajstić information content (AvgIpc) is 3.51. The second-order valence-electron chi connectivity index (χ2n) is 14.5. The smallest absolute Gasteiger partial charge is 0.331 e. The van der Waals surface area contributed by atoms with Gasteiger partial charge in [0.2, 0.25) is 0 Å². The van der Waals surface area contributed by atoms with Crippen molar-refractivity contribution in [1.29, 1.82) is 0 Å². The zero-order chi connectivity index (χ0) is 28.5. The Balaban J connectivity index is 1.33. The SMILES string of the molecule is CN[C@H](C)[C@@H]1CC[C@@]2(C)[C@@H]3C=C[C@H]4[C@H](OC(=O)C=C(C)C)[C@H](NC(=O)c5ccccc5)CC[C@]45C[C@]35CC[C@]12C. The lowest BCUT2D eigenvalue weighted by Crippen LogP contribution is -2.58. The lowest BCUT2D eigenvalue weighted by molar-refractivity contribution is -0.154. The van der Waals surface area contributed by atoms with Gasteiger partial charge in [0.25, 0.3) is 5.91 Å². The second-order valence-corrected chi connectivity index (χ2v) is 14.5. The number of rotatable bonds is 6. The topological polar surface area (TPSA) is 67.4 Å². The molecule has 0 aliphatic heterocycles. The maximum atomic E-state index is 13.2. The molecule has 6 rings (SSSR count). The van der Waals surface area contributed by atoms with E-state index in [0.29, 0.717) is 28.9 Å². The molecular weight excluding hydrogens is 496 g/mol. The number of carbonyl (C=O) groups is 2. The quantitative estimate of drug-likeness (QED) is 0.245. The largest absolute Gasteiger partial charge is 0.456 e. The van der Waals surface area contributed by atoms with Crippen molar-refractivity contribution >= 4 is 11.9 Å². The Bertz CT molecular complexity index is 1240. The fraction of sp³-hybridized carbons (Fsp3) is 0.657. The van der Waals surface area contributed by atoms with Crippen LogP contribution in [0.4, 0.5) is 0 Å². The molecule has 2 spiro atoms. The van der Waals surface area contributed by atoms with Gasteiger partial charge in [0.05, 0.1) is 6.04 Å². The molecule has 5 heteroatoms. The van der Waals surface area contributed by atoms with Crippen molar-refractivity contribution < 1.29 is 14.3 Å². The number of fused-ring (bicyclic) bond motifs is 2. The molecule has 5 aliphatic carbocycles. The molecule has 4 saturated carbocycles. The fourth-order valence-electron chi connectivity index (χ4n) is 10.6. The molecule has 0 saturated heterocycles. The lowest BCUT2D eigenvalue weighted by Gasteiger charge is -2.60. The third-order valence-electron chi connectivity index (χ3n) is 12.8. The van der Waals surface area contributed by atoms with E-state index in [1.54, 1.807) is 6.08 Å².